The largest absolute Gasteiger partial charge is 0.466 e. The first-order chi connectivity index (χ1) is 27.0. The van der Waals surface area contributed by atoms with E-state index in [4.69, 9.17) is 4.74 Å². The molecule has 0 aliphatic heterocycles. The van der Waals surface area contributed by atoms with Crippen molar-refractivity contribution in [2.45, 2.75) is 238 Å². The van der Waals surface area contributed by atoms with E-state index in [1.54, 1.807) is 6.08 Å². The molecule has 320 valence electrons. The highest BCUT2D eigenvalue weighted by atomic mass is 16.5. The summed E-state index contributed by atoms with van der Waals surface area (Å²) in [6, 6.07) is -0.638. The maximum Gasteiger partial charge on any atom is 0.305 e. The van der Waals surface area contributed by atoms with Crippen molar-refractivity contribution < 1.29 is 24.5 Å². The van der Waals surface area contributed by atoms with Crippen molar-refractivity contribution in [2.75, 3.05) is 13.2 Å². The van der Waals surface area contributed by atoms with Crippen molar-refractivity contribution in [2.24, 2.45) is 0 Å². The van der Waals surface area contributed by atoms with Gasteiger partial charge in [-0.3, -0.25) is 9.59 Å². The van der Waals surface area contributed by atoms with E-state index in [9.17, 15) is 19.8 Å². The molecule has 0 spiro atoms. The van der Waals surface area contributed by atoms with Crippen LogP contribution in [0.25, 0.3) is 0 Å². The average Bonchev–Trinajstić information content (AvgIpc) is 3.18. The van der Waals surface area contributed by atoms with Crippen LogP contribution in [-0.2, 0) is 14.3 Å². The van der Waals surface area contributed by atoms with Gasteiger partial charge in [0.25, 0.3) is 0 Å². The predicted octanol–water partition coefficient (Wildman–Crippen LogP) is 13.5. The third-order valence-corrected chi connectivity index (χ3v) is 10.3. The predicted molar refractivity (Wildman–Crippen MR) is 236 cm³/mol. The van der Waals surface area contributed by atoms with Crippen LogP contribution in [-0.4, -0.2) is 47.4 Å². The molecule has 0 saturated heterocycles. The molecule has 0 saturated carbocycles. The van der Waals surface area contributed by atoms with Crippen LogP contribution in [0.15, 0.2) is 48.6 Å². The van der Waals surface area contributed by atoms with Gasteiger partial charge in [0.2, 0.25) is 5.91 Å². The zero-order valence-electron chi connectivity index (χ0n) is 36.1. The number of unbranched alkanes of at least 4 members (excludes halogenated alkanes) is 25. The highest BCUT2D eigenvalue weighted by molar-refractivity contribution is 5.76. The van der Waals surface area contributed by atoms with Crippen LogP contribution in [0.1, 0.15) is 226 Å². The van der Waals surface area contributed by atoms with E-state index in [1.807, 2.05) is 6.08 Å². The summed E-state index contributed by atoms with van der Waals surface area (Å²) in [6.07, 6.45) is 53.9. The third kappa shape index (κ3) is 41.3. The lowest BCUT2D eigenvalue weighted by Crippen LogP contribution is -2.45. The molecule has 6 heteroatoms. The summed E-state index contributed by atoms with van der Waals surface area (Å²) < 4.78 is 5.43. The molecule has 0 aromatic heterocycles. The first-order valence-corrected chi connectivity index (χ1v) is 23.4. The number of hydrogen-bond acceptors (Lipinski definition) is 5. The van der Waals surface area contributed by atoms with Gasteiger partial charge in [-0.1, -0.05) is 178 Å². The van der Waals surface area contributed by atoms with Crippen LogP contribution >= 0.6 is 0 Å². The second-order valence-electron chi connectivity index (χ2n) is 15.7. The maximum atomic E-state index is 12.3. The lowest BCUT2D eigenvalue weighted by atomic mass is 10.1. The number of aliphatic hydroxyl groups excluding tert-OH is 2. The van der Waals surface area contributed by atoms with Gasteiger partial charge in [-0.15, -0.1) is 0 Å². The van der Waals surface area contributed by atoms with Gasteiger partial charge in [0.05, 0.1) is 25.4 Å². The maximum absolute atomic E-state index is 12.3. The second kappa shape index (κ2) is 44.5. The SMILES string of the molecule is CCCC/C=C\C/C=C\CCCCCCCC(=O)OCCCCCC/C=C\CCCCCCCCCC(=O)NC(CO)C(O)/C=C/CCCCCCCCC. The van der Waals surface area contributed by atoms with Gasteiger partial charge >= 0.3 is 5.97 Å². The fraction of sp³-hybridized carbons (Fsp3) is 0.796. The van der Waals surface area contributed by atoms with E-state index in [0.717, 1.165) is 83.5 Å². The van der Waals surface area contributed by atoms with Crippen molar-refractivity contribution >= 4 is 11.9 Å². The van der Waals surface area contributed by atoms with Gasteiger partial charge in [-0.25, -0.2) is 0 Å². The molecule has 55 heavy (non-hydrogen) atoms. The number of allylic oxidation sites excluding steroid dienone is 7. The highest BCUT2D eigenvalue weighted by Crippen LogP contribution is 2.13. The monoisotopic (exact) mass is 772 g/mol. The molecule has 3 N–H and O–H groups in total. The number of amides is 1. The van der Waals surface area contributed by atoms with Crippen molar-refractivity contribution in [1.82, 2.24) is 5.32 Å². The van der Waals surface area contributed by atoms with E-state index in [-0.39, 0.29) is 18.5 Å². The highest BCUT2D eigenvalue weighted by Gasteiger charge is 2.18. The minimum atomic E-state index is -0.853. The molecular formula is C49H89NO5. The van der Waals surface area contributed by atoms with E-state index in [0.29, 0.717) is 19.4 Å². The molecule has 0 radical (unpaired) electrons. The van der Waals surface area contributed by atoms with Crippen LogP contribution in [0.2, 0.25) is 0 Å². The Morgan fingerprint density at radius 2 is 0.927 bits per heavy atom. The van der Waals surface area contributed by atoms with Gasteiger partial charge in [-0.2, -0.15) is 0 Å². The van der Waals surface area contributed by atoms with Crippen molar-refractivity contribution in [3.8, 4) is 0 Å². The Bertz CT molecular complexity index is 942. The summed E-state index contributed by atoms with van der Waals surface area (Å²) in [5, 5.41) is 22.8. The molecular weight excluding hydrogens is 683 g/mol. The molecule has 0 bridgehead atoms. The Balaban J connectivity index is 3.51. The Hall–Kier alpha value is -2.18. The standard InChI is InChI=1S/C49H89NO5/c1-3-5-7-9-11-13-14-15-20-23-27-31-35-39-43-49(54)55-44-40-36-32-28-24-21-18-16-17-19-22-26-30-34-38-42-48(53)50-46(45-51)47(52)41-37-33-29-25-12-10-8-6-4-2/h9,11,14-15,18,21,37,41,46-47,51-52H,3-8,10,12-13,16-17,19-20,22-36,38-40,42-45H2,1-2H3,(H,50,53)/b11-9-,15-14-,21-18-,41-37+. The number of aliphatic hydroxyl groups is 2. The molecule has 0 aromatic rings. The van der Waals surface area contributed by atoms with Crippen LogP contribution < -0.4 is 5.32 Å². The first-order valence-electron chi connectivity index (χ1n) is 23.4. The fourth-order valence-corrected chi connectivity index (χ4v) is 6.64. The fourth-order valence-electron chi connectivity index (χ4n) is 6.64. The molecule has 2 atom stereocenters. The first kappa shape index (κ1) is 52.8. The Morgan fingerprint density at radius 3 is 1.45 bits per heavy atom. The quantitative estimate of drug-likeness (QED) is 0.0326. The van der Waals surface area contributed by atoms with Crippen molar-refractivity contribution in [3.05, 3.63) is 48.6 Å². The van der Waals surface area contributed by atoms with E-state index < -0.39 is 12.1 Å². The normalized spacial score (nSPS) is 13.2. The van der Waals surface area contributed by atoms with Gasteiger partial charge in [0.1, 0.15) is 0 Å². The van der Waals surface area contributed by atoms with Crippen LogP contribution in [0.5, 0.6) is 0 Å². The zero-order chi connectivity index (χ0) is 40.1. The summed E-state index contributed by atoms with van der Waals surface area (Å²) in [4.78, 5) is 24.3. The number of rotatable bonds is 42. The number of carbonyl (C=O) groups excluding carboxylic acids is 2. The van der Waals surface area contributed by atoms with Gasteiger partial charge in [0.15, 0.2) is 0 Å². The van der Waals surface area contributed by atoms with Crippen molar-refractivity contribution in [3.63, 3.8) is 0 Å². The number of ether oxygens (including phenoxy) is 1. The van der Waals surface area contributed by atoms with E-state index >= 15 is 0 Å². The molecule has 0 aliphatic rings. The summed E-state index contributed by atoms with van der Waals surface area (Å²) in [5.41, 5.74) is 0. The lowest BCUT2D eigenvalue weighted by molar-refractivity contribution is -0.143. The topological polar surface area (TPSA) is 95.9 Å². The third-order valence-electron chi connectivity index (χ3n) is 10.3. The van der Waals surface area contributed by atoms with Crippen LogP contribution in [0, 0.1) is 0 Å². The molecule has 0 aliphatic carbocycles. The zero-order valence-corrected chi connectivity index (χ0v) is 36.1. The summed E-state index contributed by atoms with van der Waals surface area (Å²) in [7, 11) is 0. The molecule has 0 fully saturated rings. The Labute approximate surface area is 340 Å². The molecule has 6 nitrogen and oxygen atoms in total. The van der Waals surface area contributed by atoms with Crippen LogP contribution in [0.3, 0.4) is 0 Å². The average molecular weight is 772 g/mol. The number of nitrogens with one attached hydrogen (secondary N) is 1. The van der Waals surface area contributed by atoms with E-state index in [2.05, 4.69) is 55.6 Å². The number of hydrogen-bond donors (Lipinski definition) is 3. The number of esters is 1. The Kier molecular flexibility index (Phi) is 42.8. The molecule has 0 rings (SSSR count). The summed E-state index contributed by atoms with van der Waals surface area (Å²) >= 11 is 0. The minimum Gasteiger partial charge on any atom is -0.466 e. The Morgan fingerprint density at radius 1 is 0.509 bits per heavy atom. The lowest BCUT2D eigenvalue weighted by Gasteiger charge is -2.20. The molecule has 0 aromatic carbocycles. The second-order valence-corrected chi connectivity index (χ2v) is 15.7. The summed E-state index contributed by atoms with van der Waals surface area (Å²) in [5.74, 6) is -0.116. The van der Waals surface area contributed by atoms with Crippen molar-refractivity contribution in [1.29, 1.82) is 0 Å². The molecule has 1 amide bonds. The van der Waals surface area contributed by atoms with Gasteiger partial charge in [0, 0.05) is 12.8 Å². The number of carbonyl (C=O) groups is 2. The van der Waals surface area contributed by atoms with Gasteiger partial charge in [-0.05, 0) is 83.5 Å². The van der Waals surface area contributed by atoms with Gasteiger partial charge < -0.3 is 20.3 Å². The smallest absolute Gasteiger partial charge is 0.305 e. The molecule has 0 heterocycles. The minimum absolute atomic E-state index is 0.0275. The van der Waals surface area contributed by atoms with Crippen LogP contribution in [0.4, 0.5) is 0 Å². The summed E-state index contributed by atoms with van der Waals surface area (Å²) in [6.45, 7) is 4.77. The van der Waals surface area contributed by atoms with E-state index in [1.165, 1.54) is 116 Å². The molecule has 2 unspecified atom stereocenters.